The number of benzene rings is 1. The van der Waals surface area contributed by atoms with Gasteiger partial charge in [-0.25, -0.2) is 9.78 Å². The van der Waals surface area contributed by atoms with Crippen LogP contribution in [-0.4, -0.2) is 76.8 Å². The molecule has 2 aromatic rings. The summed E-state index contributed by atoms with van der Waals surface area (Å²) in [6.07, 6.45) is -10.0. The lowest BCUT2D eigenvalue weighted by atomic mass is 9.84. The van der Waals surface area contributed by atoms with Crippen LogP contribution in [0.2, 0.25) is 0 Å². The molecule has 2 rings (SSSR count). The maximum Gasteiger partial charge on any atom is 0.407 e. The van der Waals surface area contributed by atoms with E-state index < -0.39 is 59.8 Å². The van der Waals surface area contributed by atoms with E-state index >= 15 is 0 Å². The molecule has 0 saturated carbocycles. The van der Waals surface area contributed by atoms with E-state index in [1.807, 2.05) is 20.8 Å². The molecule has 242 valence electrons. The van der Waals surface area contributed by atoms with E-state index in [2.05, 4.69) is 20.9 Å². The molecule has 0 aliphatic heterocycles. The number of aliphatic hydroxyl groups is 1. The molecule has 4 N–H and O–H groups in total. The van der Waals surface area contributed by atoms with Crippen LogP contribution >= 0.6 is 11.8 Å². The Balaban J connectivity index is 2.35. The molecular formula is C28H38F6N4O4S. The van der Waals surface area contributed by atoms with E-state index in [-0.39, 0.29) is 23.7 Å². The van der Waals surface area contributed by atoms with Gasteiger partial charge in [0.15, 0.2) is 0 Å². The number of alkyl halides is 6. The Labute approximate surface area is 250 Å². The van der Waals surface area contributed by atoms with Crippen LogP contribution in [0.4, 0.5) is 36.8 Å². The van der Waals surface area contributed by atoms with Crippen LogP contribution in [0.3, 0.4) is 0 Å². The molecule has 1 heterocycles. The van der Waals surface area contributed by atoms with Crippen molar-refractivity contribution in [1.82, 2.24) is 15.6 Å². The molecule has 0 aliphatic carbocycles. The fourth-order valence-corrected chi connectivity index (χ4v) is 4.86. The topological polar surface area (TPSA) is 113 Å². The highest BCUT2D eigenvalue weighted by Crippen LogP contribution is 2.34. The van der Waals surface area contributed by atoms with Crippen molar-refractivity contribution in [3.8, 4) is 0 Å². The zero-order chi connectivity index (χ0) is 33.0. The number of fused-ring (bicyclic) bond motifs is 1. The van der Waals surface area contributed by atoms with Gasteiger partial charge in [-0.3, -0.25) is 4.79 Å². The van der Waals surface area contributed by atoms with Gasteiger partial charge in [-0.2, -0.15) is 26.3 Å². The molecule has 1 aromatic carbocycles. The second-order valence-corrected chi connectivity index (χ2v) is 13.3. The van der Waals surface area contributed by atoms with Crippen molar-refractivity contribution in [2.75, 3.05) is 30.8 Å². The minimum absolute atomic E-state index is 0.0290. The molecule has 1 aromatic heterocycles. The number of rotatable bonds is 10. The predicted octanol–water partition coefficient (Wildman–Crippen LogP) is 6.09. The predicted molar refractivity (Wildman–Crippen MR) is 155 cm³/mol. The molecular weight excluding hydrogens is 602 g/mol. The number of pyridine rings is 1. The Hall–Kier alpha value is -2.94. The average Bonchev–Trinajstić information content (AvgIpc) is 2.82. The molecule has 0 saturated heterocycles. The fourth-order valence-electron chi connectivity index (χ4n) is 3.90. The number of ether oxygens (including phenoxy) is 1. The number of hydrogen-bond acceptors (Lipinski definition) is 7. The van der Waals surface area contributed by atoms with Gasteiger partial charge in [0.25, 0.3) is 5.91 Å². The van der Waals surface area contributed by atoms with E-state index in [1.54, 1.807) is 33.8 Å². The van der Waals surface area contributed by atoms with Crippen LogP contribution in [0.1, 0.15) is 63.2 Å². The molecule has 0 bridgehead atoms. The molecule has 2 amide bonds. The fraction of sp³-hybridized carbons (Fsp3) is 0.607. The SMILES string of the molecule is Cc1cc(C(=O)NCC(CSC(CO)C(F)(F)F)NC(=O)OC(C)(C)C)nc2c(C(C)(C)C)cc(NCC(F)(F)F)cc12. The van der Waals surface area contributed by atoms with Crippen molar-refractivity contribution < 1.29 is 45.8 Å². The lowest BCUT2D eigenvalue weighted by Crippen LogP contribution is -2.47. The molecule has 2 unspecified atom stereocenters. The van der Waals surface area contributed by atoms with Gasteiger partial charge < -0.3 is 25.8 Å². The zero-order valence-electron chi connectivity index (χ0n) is 25.0. The van der Waals surface area contributed by atoms with Gasteiger partial charge in [0.05, 0.1) is 18.2 Å². The number of anilines is 1. The Kier molecular flexibility index (Phi) is 11.6. The summed E-state index contributed by atoms with van der Waals surface area (Å²) >= 11 is 0.371. The van der Waals surface area contributed by atoms with Crippen LogP contribution in [0, 0.1) is 6.92 Å². The first-order valence-corrected chi connectivity index (χ1v) is 14.4. The summed E-state index contributed by atoms with van der Waals surface area (Å²) in [5.41, 5.74) is 0.324. The van der Waals surface area contributed by atoms with Crippen LogP contribution < -0.4 is 16.0 Å². The number of amides is 2. The molecule has 43 heavy (non-hydrogen) atoms. The lowest BCUT2D eigenvalue weighted by molar-refractivity contribution is -0.135. The van der Waals surface area contributed by atoms with E-state index in [9.17, 15) is 35.9 Å². The third-order valence-corrected chi connectivity index (χ3v) is 7.33. The molecule has 8 nitrogen and oxygen atoms in total. The van der Waals surface area contributed by atoms with E-state index in [0.717, 1.165) is 0 Å². The number of thioether (sulfide) groups is 1. The van der Waals surface area contributed by atoms with E-state index in [0.29, 0.717) is 33.8 Å². The number of halogens is 6. The van der Waals surface area contributed by atoms with Gasteiger partial charge in [0.1, 0.15) is 23.1 Å². The van der Waals surface area contributed by atoms with Crippen molar-refractivity contribution in [3.05, 3.63) is 35.0 Å². The highest BCUT2D eigenvalue weighted by atomic mass is 32.2. The number of aromatic nitrogens is 1. The van der Waals surface area contributed by atoms with Gasteiger partial charge in [-0.1, -0.05) is 20.8 Å². The normalized spacial score (nSPS) is 14.3. The number of carbonyl (C=O) groups is 2. The number of nitrogens with one attached hydrogen (secondary N) is 3. The monoisotopic (exact) mass is 640 g/mol. The third kappa shape index (κ3) is 11.6. The second kappa shape index (κ2) is 13.8. The second-order valence-electron chi connectivity index (χ2n) is 12.1. The number of aliphatic hydroxyl groups excluding tert-OH is 1. The highest BCUT2D eigenvalue weighted by molar-refractivity contribution is 8.00. The van der Waals surface area contributed by atoms with Gasteiger partial charge in [0, 0.05) is 23.4 Å². The molecule has 0 spiro atoms. The van der Waals surface area contributed by atoms with Crippen molar-refractivity contribution in [1.29, 1.82) is 0 Å². The smallest absolute Gasteiger partial charge is 0.407 e. The standard InChI is InChI=1S/C28H38F6N4O4S/c1-15-8-20(38-22-18(15)9-16(36-14-27(29,30)31)10-19(22)25(2,3)4)23(40)35-11-17(37-24(41)42-26(5,6)7)13-43-21(12-39)28(32,33)34/h8-10,17,21,36,39H,11-14H2,1-7H3,(H,35,40)(H,37,41). The van der Waals surface area contributed by atoms with Crippen molar-refractivity contribution in [2.24, 2.45) is 0 Å². The lowest BCUT2D eigenvalue weighted by Gasteiger charge is -2.25. The van der Waals surface area contributed by atoms with Crippen LogP contribution in [-0.2, 0) is 10.2 Å². The summed E-state index contributed by atoms with van der Waals surface area (Å²) < 4.78 is 83.2. The number of aryl methyl sites for hydroxylation is 1. The van der Waals surface area contributed by atoms with Crippen molar-refractivity contribution in [3.63, 3.8) is 0 Å². The first-order valence-electron chi connectivity index (χ1n) is 13.3. The van der Waals surface area contributed by atoms with E-state index in [4.69, 9.17) is 9.84 Å². The summed E-state index contributed by atoms with van der Waals surface area (Å²) in [6, 6.07) is 3.53. The number of alkyl carbamates (subject to hydrolysis) is 1. The van der Waals surface area contributed by atoms with Crippen LogP contribution in [0.25, 0.3) is 10.9 Å². The number of hydrogen-bond donors (Lipinski definition) is 4. The van der Waals surface area contributed by atoms with Crippen LogP contribution in [0.15, 0.2) is 18.2 Å². The van der Waals surface area contributed by atoms with Gasteiger partial charge in [-0.05, 0) is 62.4 Å². The summed E-state index contributed by atoms with van der Waals surface area (Å²) in [5, 5.41) is 15.0. The molecule has 0 fully saturated rings. The first-order chi connectivity index (χ1) is 19.5. The minimum atomic E-state index is -4.68. The molecule has 0 aliphatic rings. The molecule has 15 heteroatoms. The van der Waals surface area contributed by atoms with Gasteiger partial charge in [0.2, 0.25) is 0 Å². The Morgan fingerprint density at radius 3 is 2.16 bits per heavy atom. The summed E-state index contributed by atoms with van der Waals surface area (Å²) in [5.74, 6) is -0.990. The van der Waals surface area contributed by atoms with E-state index in [1.165, 1.54) is 12.1 Å². The maximum absolute atomic E-state index is 13.2. The van der Waals surface area contributed by atoms with Crippen LogP contribution in [0.5, 0.6) is 0 Å². The summed E-state index contributed by atoms with van der Waals surface area (Å²) in [4.78, 5) is 30.0. The Bertz CT molecular complexity index is 1290. The van der Waals surface area contributed by atoms with Gasteiger partial charge >= 0.3 is 18.4 Å². The summed E-state index contributed by atoms with van der Waals surface area (Å²) in [7, 11) is 0. The largest absolute Gasteiger partial charge is 0.444 e. The Morgan fingerprint density at radius 1 is 1.02 bits per heavy atom. The quantitative estimate of drug-likeness (QED) is 0.233. The third-order valence-electron chi connectivity index (χ3n) is 5.91. The average molecular weight is 641 g/mol. The zero-order valence-corrected chi connectivity index (χ0v) is 25.8. The van der Waals surface area contributed by atoms with Crippen molar-refractivity contribution >= 4 is 40.4 Å². The first kappa shape index (κ1) is 36.3. The maximum atomic E-state index is 13.2. The van der Waals surface area contributed by atoms with Crippen molar-refractivity contribution in [2.45, 2.75) is 83.1 Å². The number of nitrogens with zero attached hydrogens (tertiary/aromatic N) is 1. The minimum Gasteiger partial charge on any atom is -0.444 e. The number of carbonyl (C=O) groups excluding carboxylic acids is 2. The molecule has 0 radical (unpaired) electrons. The molecule has 2 atom stereocenters. The van der Waals surface area contributed by atoms with Gasteiger partial charge in [-0.15, -0.1) is 11.8 Å². The Morgan fingerprint density at radius 2 is 1.65 bits per heavy atom. The summed E-state index contributed by atoms with van der Waals surface area (Å²) in [6.45, 7) is 9.38. The highest BCUT2D eigenvalue weighted by Gasteiger charge is 2.40.